The number of hydrogen-bond donors (Lipinski definition) is 1. The molecule has 0 atom stereocenters. The van der Waals surface area contributed by atoms with Crippen LogP contribution in [0.5, 0.6) is 5.75 Å². The van der Waals surface area contributed by atoms with Gasteiger partial charge in [-0.1, -0.05) is 6.07 Å². The van der Waals surface area contributed by atoms with Crippen molar-refractivity contribution in [2.75, 3.05) is 41.4 Å². The zero-order chi connectivity index (χ0) is 18.2. The lowest BCUT2D eigenvalue weighted by Crippen LogP contribution is -2.31. The molecule has 0 spiro atoms. The molecule has 0 aliphatic heterocycles. The number of aryl methyl sites for hydroxylation is 1. The molecule has 1 aromatic heterocycles. The minimum Gasteiger partial charge on any atom is -0.496 e. The molecule has 0 aliphatic rings. The molecule has 0 amide bonds. The van der Waals surface area contributed by atoms with Crippen molar-refractivity contribution in [1.82, 2.24) is 19.8 Å². The lowest BCUT2D eigenvalue weighted by molar-refractivity contribution is 0.181. The predicted molar refractivity (Wildman–Crippen MR) is 99.7 cm³/mol. The predicted octanol–water partition coefficient (Wildman–Crippen LogP) is 2.44. The highest BCUT2D eigenvalue weighted by Gasteiger charge is 2.11. The fourth-order valence-corrected chi connectivity index (χ4v) is 2.81. The summed E-state index contributed by atoms with van der Waals surface area (Å²) in [6, 6.07) is 6.32. The molecule has 0 saturated carbocycles. The Kier molecular flexibility index (Phi) is 7.43. The Bertz CT molecular complexity index is 655. The van der Waals surface area contributed by atoms with Gasteiger partial charge < -0.3 is 19.4 Å². The Balaban J connectivity index is 2.12. The maximum absolute atomic E-state index is 5.42. The number of aromatic nitrogens is 2. The van der Waals surface area contributed by atoms with Crippen LogP contribution in [0.2, 0.25) is 0 Å². The second-order valence-electron chi connectivity index (χ2n) is 6.59. The number of likely N-dealkylation sites (N-methyl/N-ethyl adjacent to an activating group) is 1. The number of hydrogen-bond acceptors (Lipinski definition) is 5. The molecule has 0 fully saturated rings. The first kappa shape index (κ1) is 19.4. The van der Waals surface area contributed by atoms with Crippen molar-refractivity contribution in [2.45, 2.75) is 26.6 Å². The number of nitrogens with one attached hydrogen (secondary N) is 1. The molecule has 1 heterocycles. The van der Waals surface area contributed by atoms with Crippen LogP contribution >= 0.6 is 0 Å². The minimum atomic E-state index is 0.550. The van der Waals surface area contributed by atoms with E-state index >= 15 is 0 Å². The smallest absolute Gasteiger partial charge is 0.124 e. The summed E-state index contributed by atoms with van der Waals surface area (Å²) in [7, 11) is 7.60. The summed E-state index contributed by atoms with van der Waals surface area (Å²) in [6.07, 6.45) is 1.92. The summed E-state index contributed by atoms with van der Waals surface area (Å²) in [5.74, 6) is 1.82. The van der Waals surface area contributed by atoms with Crippen LogP contribution in [-0.4, -0.2) is 61.2 Å². The summed E-state index contributed by atoms with van der Waals surface area (Å²) < 4.78 is 10.7. The van der Waals surface area contributed by atoms with E-state index in [1.807, 2.05) is 19.2 Å². The van der Waals surface area contributed by atoms with Gasteiger partial charge in [-0.25, -0.2) is 4.98 Å². The van der Waals surface area contributed by atoms with Gasteiger partial charge in [0.2, 0.25) is 0 Å². The van der Waals surface area contributed by atoms with Gasteiger partial charge in [-0.3, -0.25) is 4.90 Å². The molecule has 0 saturated heterocycles. The van der Waals surface area contributed by atoms with Crippen molar-refractivity contribution < 1.29 is 9.47 Å². The fraction of sp³-hybridized carbons (Fsp3) is 0.526. The van der Waals surface area contributed by atoms with Crippen molar-refractivity contribution in [3.8, 4) is 5.75 Å². The fourth-order valence-electron chi connectivity index (χ4n) is 2.81. The molecule has 1 N–H and O–H groups in total. The van der Waals surface area contributed by atoms with E-state index in [-0.39, 0.29) is 0 Å². The van der Waals surface area contributed by atoms with E-state index in [9.17, 15) is 0 Å². The van der Waals surface area contributed by atoms with Gasteiger partial charge in [0, 0.05) is 50.7 Å². The monoisotopic (exact) mass is 346 g/mol. The van der Waals surface area contributed by atoms with E-state index in [0.717, 1.165) is 49.0 Å². The molecule has 138 valence electrons. The van der Waals surface area contributed by atoms with E-state index in [1.54, 1.807) is 14.2 Å². The van der Waals surface area contributed by atoms with Crippen LogP contribution in [-0.2, 0) is 24.4 Å². The second-order valence-corrected chi connectivity index (χ2v) is 6.59. The van der Waals surface area contributed by atoms with E-state index in [0.29, 0.717) is 6.61 Å². The van der Waals surface area contributed by atoms with Crippen LogP contribution < -0.4 is 4.74 Å². The molecule has 25 heavy (non-hydrogen) atoms. The van der Waals surface area contributed by atoms with Crippen LogP contribution in [0, 0.1) is 6.92 Å². The summed E-state index contributed by atoms with van der Waals surface area (Å²) in [4.78, 5) is 12.3. The summed E-state index contributed by atoms with van der Waals surface area (Å²) >= 11 is 0. The Morgan fingerprint density at radius 2 is 1.92 bits per heavy atom. The highest BCUT2D eigenvalue weighted by Crippen LogP contribution is 2.22. The Labute approximate surface area is 150 Å². The van der Waals surface area contributed by atoms with Crippen LogP contribution in [0.25, 0.3) is 0 Å². The Morgan fingerprint density at radius 1 is 1.12 bits per heavy atom. The summed E-state index contributed by atoms with van der Waals surface area (Å²) in [5.41, 5.74) is 3.47. The molecule has 0 bridgehead atoms. The van der Waals surface area contributed by atoms with Crippen LogP contribution in [0.4, 0.5) is 0 Å². The minimum absolute atomic E-state index is 0.550. The molecule has 2 aromatic rings. The number of aromatic amines is 1. The van der Waals surface area contributed by atoms with Crippen LogP contribution in [0.3, 0.4) is 0 Å². The molecule has 1 aromatic carbocycles. The first-order valence-electron chi connectivity index (χ1n) is 8.54. The third-order valence-electron chi connectivity index (χ3n) is 4.06. The number of H-pyrrole nitrogens is 1. The summed E-state index contributed by atoms with van der Waals surface area (Å²) in [5, 5.41) is 0. The number of imidazole rings is 1. The highest BCUT2D eigenvalue weighted by atomic mass is 16.5. The molecular formula is C19H30N4O2. The zero-order valence-electron chi connectivity index (χ0n) is 16.0. The van der Waals surface area contributed by atoms with Crippen LogP contribution in [0.1, 0.15) is 22.6 Å². The van der Waals surface area contributed by atoms with Crippen LogP contribution in [0.15, 0.2) is 24.4 Å². The SMILES string of the molecule is COCc1cc(CN(CCN(C)C)Cc2cnc(C)[nH]2)ccc1OC. The second kappa shape index (κ2) is 9.56. The van der Waals surface area contributed by atoms with Gasteiger partial charge >= 0.3 is 0 Å². The number of nitrogens with zero attached hydrogens (tertiary/aromatic N) is 3. The quantitative estimate of drug-likeness (QED) is 0.716. The Hall–Kier alpha value is -1.89. The first-order valence-corrected chi connectivity index (χ1v) is 8.54. The van der Waals surface area contributed by atoms with Gasteiger partial charge in [0.1, 0.15) is 11.6 Å². The highest BCUT2D eigenvalue weighted by molar-refractivity contribution is 5.37. The molecule has 0 radical (unpaired) electrons. The van der Waals surface area contributed by atoms with E-state index in [4.69, 9.17) is 9.47 Å². The van der Waals surface area contributed by atoms with Gasteiger partial charge in [0.25, 0.3) is 0 Å². The zero-order valence-corrected chi connectivity index (χ0v) is 16.0. The number of rotatable bonds is 10. The van der Waals surface area contributed by atoms with Crippen molar-refractivity contribution in [3.63, 3.8) is 0 Å². The third kappa shape index (κ3) is 6.16. The number of methoxy groups -OCH3 is 2. The van der Waals surface area contributed by atoms with E-state index in [1.165, 1.54) is 5.56 Å². The standard InChI is InChI=1S/C19H30N4O2/c1-15-20-11-18(21-15)13-23(9-8-22(2)3)12-16-6-7-19(25-5)17(10-16)14-24-4/h6-7,10-11H,8-9,12-14H2,1-5H3,(H,20,21). The van der Waals surface area contributed by atoms with Gasteiger partial charge in [-0.2, -0.15) is 0 Å². The molecule has 6 nitrogen and oxygen atoms in total. The van der Waals surface area contributed by atoms with Gasteiger partial charge in [-0.05, 0) is 38.7 Å². The van der Waals surface area contributed by atoms with Gasteiger partial charge in [0.05, 0.1) is 13.7 Å². The third-order valence-corrected chi connectivity index (χ3v) is 4.06. The van der Waals surface area contributed by atoms with Crippen molar-refractivity contribution >= 4 is 0 Å². The van der Waals surface area contributed by atoms with Crippen molar-refractivity contribution in [2.24, 2.45) is 0 Å². The van der Waals surface area contributed by atoms with E-state index in [2.05, 4.69) is 46.0 Å². The molecule has 6 heteroatoms. The number of benzene rings is 1. The van der Waals surface area contributed by atoms with Crippen molar-refractivity contribution in [1.29, 1.82) is 0 Å². The maximum atomic E-state index is 5.42. The summed E-state index contributed by atoms with van der Waals surface area (Å²) in [6.45, 7) is 6.24. The van der Waals surface area contributed by atoms with E-state index < -0.39 is 0 Å². The Morgan fingerprint density at radius 3 is 2.52 bits per heavy atom. The lowest BCUT2D eigenvalue weighted by atomic mass is 10.1. The lowest BCUT2D eigenvalue weighted by Gasteiger charge is -2.24. The molecule has 0 unspecified atom stereocenters. The van der Waals surface area contributed by atoms with Gasteiger partial charge in [-0.15, -0.1) is 0 Å². The largest absolute Gasteiger partial charge is 0.496 e. The van der Waals surface area contributed by atoms with Gasteiger partial charge in [0.15, 0.2) is 0 Å². The topological polar surface area (TPSA) is 53.6 Å². The van der Waals surface area contributed by atoms with Crippen molar-refractivity contribution in [3.05, 3.63) is 47.0 Å². The maximum Gasteiger partial charge on any atom is 0.124 e. The average molecular weight is 346 g/mol. The first-order chi connectivity index (χ1) is 12.0. The number of ether oxygens (including phenoxy) is 2. The normalized spacial score (nSPS) is 11.5. The molecule has 2 rings (SSSR count). The average Bonchev–Trinajstić information content (AvgIpc) is 2.98. The molecular weight excluding hydrogens is 316 g/mol. The molecule has 0 aliphatic carbocycles.